The van der Waals surface area contributed by atoms with Gasteiger partial charge in [-0.25, -0.2) is 9.97 Å². The first-order chi connectivity index (χ1) is 9.58. The quantitative estimate of drug-likeness (QED) is 0.868. The molecule has 1 heterocycles. The summed E-state index contributed by atoms with van der Waals surface area (Å²) in [7, 11) is 0. The van der Waals surface area contributed by atoms with E-state index in [0.29, 0.717) is 11.7 Å². The summed E-state index contributed by atoms with van der Waals surface area (Å²) >= 11 is 5.32. The maximum atomic E-state index is 5.98. The van der Waals surface area contributed by atoms with Crippen LogP contribution < -0.4 is 5.73 Å². The number of aromatic nitrogens is 2. The highest BCUT2D eigenvalue weighted by Crippen LogP contribution is 2.30. The fourth-order valence-corrected chi connectivity index (χ4v) is 3.06. The third-order valence-electron chi connectivity index (χ3n) is 2.65. The molecule has 5 heteroatoms. The summed E-state index contributed by atoms with van der Waals surface area (Å²) < 4.78 is 0.765. The van der Waals surface area contributed by atoms with Crippen LogP contribution in [0.5, 0.6) is 0 Å². The second-order valence-corrected chi connectivity index (χ2v) is 6.79. The van der Waals surface area contributed by atoms with Gasteiger partial charge in [0.1, 0.15) is 11.6 Å². The molecule has 106 valence electrons. The van der Waals surface area contributed by atoms with Crippen molar-refractivity contribution in [3.05, 3.63) is 40.6 Å². The van der Waals surface area contributed by atoms with Crippen LogP contribution in [0.1, 0.15) is 19.7 Å². The molecule has 20 heavy (non-hydrogen) atoms. The van der Waals surface area contributed by atoms with E-state index in [-0.39, 0.29) is 0 Å². The van der Waals surface area contributed by atoms with Crippen molar-refractivity contribution in [1.29, 1.82) is 0 Å². The molecule has 0 spiro atoms. The van der Waals surface area contributed by atoms with Gasteiger partial charge in [0.25, 0.3) is 0 Å². The van der Waals surface area contributed by atoms with Gasteiger partial charge in [-0.05, 0) is 27.6 Å². The van der Waals surface area contributed by atoms with Crippen molar-refractivity contribution in [3.63, 3.8) is 0 Å². The molecule has 2 rings (SSSR count). The lowest BCUT2D eigenvalue weighted by atomic mass is 10.1. The molecule has 0 amide bonds. The Bertz CT molecular complexity index is 573. The van der Waals surface area contributed by atoms with Gasteiger partial charge < -0.3 is 5.73 Å². The highest BCUT2D eigenvalue weighted by atomic mass is 79.9. The van der Waals surface area contributed by atoms with Gasteiger partial charge in [0, 0.05) is 5.56 Å². The van der Waals surface area contributed by atoms with E-state index in [0.717, 1.165) is 33.1 Å². The van der Waals surface area contributed by atoms with Crippen LogP contribution in [0.15, 0.2) is 34.8 Å². The Morgan fingerprint density at radius 1 is 1.20 bits per heavy atom. The molecule has 1 aromatic carbocycles. The molecule has 3 nitrogen and oxygen atoms in total. The third kappa shape index (κ3) is 3.96. The van der Waals surface area contributed by atoms with Crippen LogP contribution in [0.25, 0.3) is 11.3 Å². The van der Waals surface area contributed by atoms with E-state index >= 15 is 0 Å². The lowest BCUT2D eigenvalue weighted by molar-refractivity contribution is 0.750. The largest absolute Gasteiger partial charge is 0.383 e. The highest BCUT2D eigenvalue weighted by molar-refractivity contribution is 9.10. The van der Waals surface area contributed by atoms with Crippen molar-refractivity contribution < 1.29 is 0 Å². The second-order valence-electron chi connectivity index (χ2n) is 4.96. The number of rotatable bonds is 5. The maximum absolute atomic E-state index is 5.98. The van der Waals surface area contributed by atoms with E-state index in [2.05, 4.69) is 39.7 Å². The van der Waals surface area contributed by atoms with Crippen molar-refractivity contribution in [1.82, 2.24) is 9.97 Å². The van der Waals surface area contributed by atoms with Gasteiger partial charge in [-0.2, -0.15) is 11.8 Å². The van der Waals surface area contributed by atoms with E-state index in [4.69, 9.17) is 5.73 Å². The average Bonchev–Trinajstić information content (AvgIpc) is 2.43. The molecule has 0 atom stereocenters. The van der Waals surface area contributed by atoms with Gasteiger partial charge in [0.15, 0.2) is 0 Å². The van der Waals surface area contributed by atoms with E-state index in [1.807, 2.05) is 42.1 Å². The number of hydrogen-bond donors (Lipinski definition) is 1. The Kier molecular flexibility index (Phi) is 5.43. The van der Waals surface area contributed by atoms with Gasteiger partial charge in [-0.1, -0.05) is 44.2 Å². The van der Waals surface area contributed by atoms with Gasteiger partial charge in [0.2, 0.25) is 0 Å². The summed E-state index contributed by atoms with van der Waals surface area (Å²) in [5, 5.41) is 0. The van der Waals surface area contributed by atoms with E-state index in [1.165, 1.54) is 0 Å². The number of anilines is 1. The lowest BCUT2D eigenvalue weighted by Crippen LogP contribution is -2.03. The molecule has 0 aliphatic carbocycles. The molecule has 0 fully saturated rings. The smallest absolute Gasteiger partial charge is 0.142 e. The molecule has 0 saturated heterocycles. The Labute approximate surface area is 132 Å². The Morgan fingerprint density at radius 2 is 1.90 bits per heavy atom. The summed E-state index contributed by atoms with van der Waals surface area (Å²) in [5.41, 5.74) is 7.89. The van der Waals surface area contributed by atoms with Gasteiger partial charge in [0.05, 0.1) is 15.9 Å². The van der Waals surface area contributed by atoms with Crippen molar-refractivity contribution >= 4 is 33.5 Å². The molecular formula is C15H18BrN3S. The SMILES string of the molecule is CC(C)CSCc1nc(N)c(Br)c(-c2ccccc2)n1. The average molecular weight is 352 g/mol. The van der Waals surface area contributed by atoms with Gasteiger partial charge in [-0.3, -0.25) is 0 Å². The molecule has 1 aromatic heterocycles. The highest BCUT2D eigenvalue weighted by Gasteiger charge is 2.12. The number of halogens is 1. The predicted molar refractivity (Wildman–Crippen MR) is 90.6 cm³/mol. The first kappa shape index (κ1) is 15.3. The standard InChI is InChI=1S/C15H18BrN3S/c1-10(2)8-20-9-12-18-14(13(16)15(17)19-12)11-6-4-3-5-7-11/h3-7,10H,8-9H2,1-2H3,(H2,17,18,19). The van der Waals surface area contributed by atoms with Crippen molar-refractivity contribution in [2.75, 3.05) is 11.5 Å². The summed E-state index contributed by atoms with van der Waals surface area (Å²) in [6.45, 7) is 4.42. The molecule has 0 saturated carbocycles. The molecule has 2 aromatic rings. The molecule has 0 aliphatic rings. The Morgan fingerprint density at radius 3 is 2.55 bits per heavy atom. The Balaban J connectivity index is 2.26. The van der Waals surface area contributed by atoms with Gasteiger partial charge in [-0.15, -0.1) is 0 Å². The lowest BCUT2D eigenvalue weighted by Gasteiger charge is -2.09. The fraction of sp³-hybridized carbons (Fsp3) is 0.333. The summed E-state index contributed by atoms with van der Waals surface area (Å²) in [4.78, 5) is 9.00. The molecule has 2 N–H and O–H groups in total. The number of nitrogens with two attached hydrogens (primary N) is 1. The number of benzene rings is 1. The first-order valence-corrected chi connectivity index (χ1v) is 8.47. The van der Waals surface area contributed by atoms with Crippen molar-refractivity contribution in [3.8, 4) is 11.3 Å². The molecular weight excluding hydrogens is 334 g/mol. The molecule has 0 bridgehead atoms. The fourth-order valence-electron chi connectivity index (χ4n) is 1.75. The van der Waals surface area contributed by atoms with Crippen LogP contribution in [0.4, 0.5) is 5.82 Å². The topological polar surface area (TPSA) is 51.8 Å². The molecule has 0 unspecified atom stereocenters. The molecule has 0 aliphatic heterocycles. The van der Waals surface area contributed by atoms with Crippen LogP contribution in [-0.2, 0) is 5.75 Å². The number of hydrogen-bond acceptors (Lipinski definition) is 4. The Hall–Kier alpha value is -1.07. The molecule has 0 radical (unpaired) electrons. The van der Waals surface area contributed by atoms with Crippen LogP contribution >= 0.6 is 27.7 Å². The van der Waals surface area contributed by atoms with E-state index < -0.39 is 0 Å². The number of thioether (sulfide) groups is 1. The van der Waals surface area contributed by atoms with E-state index in [1.54, 1.807) is 0 Å². The first-order valence-electron chi connectivity index (χ1n) is 6.53. The van der Waals surface area contributed by atoms with Crippen molar-refractivity contribution in [2.45, 2.75) is 19.6 Å². The monoisotopic (exact) mass is 351 g/mol. The predicted octanol–water partition coefficient (Wildman–Crippen LogP) is 4.38. The minimum Gasteiger partial charge on any atom is -0.383 e. The van der Waals surface area contributed by atoms with Crippen LogP contribution in [-0.4, -0.2) is 15.7 Å². The van der Waals surface area contributed by atoms with Crippen LogP contribution in [0, 0.1) is 5.92 Å². The summed E-state index contributed by atoms with van der Waals surface area (Å²) in [6.07, 6.45) is 0. The minimum atomic E-state index is 0.499. The minimum absolute atomic E-state index is 0.499. The number of nitrogens with zero attached hydrogens (tertiary/aromatic N) is 2. The zero-order chi connectivity index (χ0) is 14.5. The zero-order valence-electron chi connectivity index (χ0n) is 11.6. The van der Waals surface area contributed by atoms with Crippen LogP contribution in [0.3, 0.4) is 0 Å². The van der Waals surface area contributed by atoms with Crippen molar-refractivity contribution in [2.24, 2.45) is 5.92 Å². The van der Waals surface area contributed by atoms with Crippen LogP contribution in [0.2, 0.25) is 0 Å². The second kappa shape index (κ2) is 7.09. The maximum Gasteiger partial charge on any atom is 0.142 e. The van der Waals surface area contributed by atoms with E-state index in [9.17, 15) is 0 Å². The van der Waals surface area contributed by atoms with Gasteiger partial charge >= 0.3 is 0 Å². The number of nitrogen functional groups attached to an aromatic ring is 1. The normalized spacial score (nSPS) is 11.0. The zero-order valence-corrected chi connectivity index (χ0v) is 14.0. The third-order valence-corrected chi connectivity index (χ3v) is 4.80. The summed E-state index contributed by atoms with van der Waals surface area (Å²) in [6, 6.07) is 10.0. The summed E-state index contributed by atoms with van der Waals surface area (Å²) in [5.74, 6) is 3.84.